The number of amides is 3. The molecular formula is C22H30FN3O4S. The van der Waals surface area contributed by atoms with Crippen molar-refractivity contribution < 1.29 is 23.5 Å². The summed E-state index contributed by atoms with van der Waals surface area (Å²) in [6.45, 7) is 6.33. The van der Waals surface area contributed by atoms with Gasteiger partial charge in [-0.05, 0) is 51.0 Å². The molecule has 2 heterocycles. The number of thioether (sulfide) groups is 1. The van der Waals surface area contributed by atoms with E-state index in [0.29, 0.717) is 44.7 Å². The van der Waals surface area contributed by atoms with Gasteiger partial charge in [-0.3, -0.25) is 14.4 Å². The molecule has 31 heavy (non-hydrogen) atoms. The SMILES string of the molecule is CC1CN(C(=O)C2CCN(C(=O)CSCC(=O)Nc3ccc(F)cc3)CC2)CC(C)O1. The van der Waals surface area contributed by atoms with Crippen LogP contribution >= 0.6 is 11.8 Å². The molecule has 0 saturated carbocycles. The van der Waals surface area contributed by atoms with Crippen molar-refractivity contribution in [1.29, 1.82) is 0 Å². The van der Waals surface area contributed by atoms with Gasteiger partial charge in [0.2, 0.25) is 17.7 Å². The maximum Gasteiger partial charge on any atom is 0.234 e. The van der Waals surface area contributed by atoms with E-state index >= 15 is 0 Å². The molecule has 2 unspecified atom stereocenters. The number of anilines is 1. The van der Waals surface area contributed by atoms with Crippen LogP contribution in [0.2, 0.25) is 0 Å². The molecule has 0 radical (unpaired) electrons. The topological polar surface area (TPSA) is 79.0 Å². The molecule has 1 N–H and O–H groups in total. The van der Waals surface area contributed by atoms with E-state index in [2.05, 4.69) is 5.32 Å². The van der Waals surface area contributed by atoms with Crippen LogP contribution in [-0.2, 0) is 19.1 Å². The smallest absolute Gasteiger partial charge is 0.234 e. The van der Waals surface area contributed by atoms with Crippen LogP contribution < -0.4 is 5.32 Å². The Bertz CT molecular complexity index is 773. The summed E-state index contributed by atoms with van der Waals surface area (Å²) in [7, 11) is 0. The van der Waals surface area contributed by atoms with Gasteiger partial charge < -0.3 is 19.9 Å². The van der Waals surface area contributed by atoms with Gasteiger partial charge in [0, 0.05) is 37.8 Å². The van der Waals surface area contributed by atoms with E-state index in [1.807, 2.05) is 18.7 Å². The zero-order chi connectivity index (χ0) is 22.4. The normalized spacial score (nSPS) is 22.3. The minimum absolute atomic E-state index is 0.0147. The maximum atomic E-state index is 12.9. The predicted octanol–water partition coefficient (Wildman–Crippen LogP) is 2.37. The second kappa shape index (κ2) is 10.9. The van der Waals surface area contributed by atoms with Crippen LogP contribution in [-0.4, -0.2) is 77.4 Å². The molecular weight excluding hydrogens is 421 g/mol. The number of hydrogen-bond donors (Lipinski definition) is 1. The van der Waals surface area contributed by atoms with Gasteiger partial charge >= 0.3 is 0 Å². The summed E-state index contributed by atoms with van der Waals surface area (Å²) < 4.78 is 18.6. The number of nitrogens with one attached hydrogen (secondary N) is 1. The van der Waals surface area contributed by atoms with Gasteiger partial charge in [0.25, 0.3) is 0 Å². The Morgan fingerprint density at radius 1 is 1.03 bits per heavy atom. The van der Waals surface area contributed by atoms with E-state index in [0.717, 1.165) is 0 Å². The molecule has 0 aliphatic carbocycles. The molecule has 2 aliphatic rings. The summed E-state index contributed by atoms with van der Waals surface area (Å²) in [5, 5.41) is 2.68. The lowest BCUT2D eigenvalue weighted by molar-refractivity contribution is -0.150. The molecule has 3 rings (SSSR count). The number of morpholine rings is 1. The van der Waals surface area contributed by atoms with Crippen LogP contribution in [0.15, 0.2) is 24.3 Å². The quantitative estimate of drug-likeness (QED) is 0.719. The molecule has 1 aromatic carbocycles. The molecule has 0 bridgehead atoms. The number of carbonyl (C=O) groups excluding carboxylic acids is 3. The summed E-state index contributed by atoms with van der Waals surface area (Å²) in [5.74, 6) is -0.129. The Morgan fingerprint density at radius 3 is 2.26 bits per heavy atom. The van der Waals surface area contributed by atoms with Crippen LogP contribution in [0, 0.1) is 11.7 Å². The minimum Gasteiger partial charge on any atom is -0.372 e. The molecule has 170 valence electrons. The van der Waals surface area contributed by atoms with Crippen molar-refractivity contribution in [3.05, 3.63) is 30.1 Å². The van der Waals surface area contributed by atoms with Gasteiger partial charge in [0.15, 0.2) is 0 Å². The third kappa shape index (κ3) is 6.93. The van der Waals surface area contributed by atoms with E-state index in [9.17, 15) is 18.8 Å². The molecule has 0 aromatic heterocycles. The zero-order valence-electron chi connectivity index (χ0n) is 18.0. The molecule has 7 nitrogen and oxygen atoms in total. The number of ether oxygens (including phenoxy) is 1. The number of likely N-dealkylation sites (tertiary alicyclic amines) is 1. The number of benzene rings is 1. The summed E-state index contributed by atoms with van der Waals surface area (Å²) in [4.78, 5) is 40.9. The Hall–Kier alpha value is -2.13. The highest BCUT2D eigenvalue weighted by molar-refractivity contribution is 8.00. The predicted molar refractivity (Wildman–Crippen MR) is 118 cm³/mol. The van der Waals surface area contributed by atoms with E-state index < -0.39 is 0 Å². The summed E-state index contributed by atoms with van der Waals surface area (Å²) >= 11 is 1.25. The first-order valence-electron chi connectivity index (χ1n) is 10.7. The molecule has 2 aliphatic heterocycles. The maximum absolute atomic E-state index is 12.9. The second-order valence-electron chi connectivity index (χ2n) is 8.20. The van der Waals surface area contributed by atoms with E-state index in [1.165, 1.54) is 36.0 Å². The van der Waals surface area contributed by atoms with Gasteiger partial charge in [0.1, 0.15) is 5.82 Å². The lowest BCUT2D eigenvalue weighted by atomic mass is 9.94. The number of piperidine rings is 1. The van der Waals surface area contributed by atoms with Crippen molar-refractivity contribution in [3.8, 4) is 0 Å². The van der Waals surface area contributed by atoms with Gasteiger partial charge in [-0.15, -0.1) is 11.8 Å². The van der Waals surface area contributed by atoms with Crippen LogP contribution in [0.3, 0.4) is 0 Å². The number of rotatable bonds is 6. The largest absolute Gasteiger partial charge is 0.372 e. The van der Waals surface area contributed by atoms with Gasteiger partial charge in [-0.1, -0.05) is 0 Å². The van der Waals surface area contributed by atoms with Crippen molar-refractivity contribution >= 4 is 35.2 Å². The third-order valence-corrected chi connectivity index (χ3v) is 6.43. The van der Waals surface area contributed by atoms with Gasteiger partial charge in [0.05, 0.1) is 23.7 Å². The average Bonchev–Trinajstić information content (AvgIpc) is 2.74. The lowest BCUT2D eigenvalue weighted by Gasteiger charge is -2.39. The summed E-state index contributed by atoms with van der Waals surface area (Å²) in [6.07, 6.45) is 1.43. The van der Waals surface area contributed by atoms with E-state index in [4.69, 9.17) is 4.74 Å². The average molecular weight is 452 g/mol. The number of hydrogen-bond acceptors (Lipinski definition) is 5. The fraction of sp³-hybridized carbons (Fsp3) is 0.591. The molecule has 9 heteroatoms. The van der Waals surface area contributed by atoms with Crippen LogP contribution in [0.25, 0.3) is 0 Å². The van der Waals surface area contributed by atoms with Crippen molar-refractivity contribution in [1.82, 2.24) is 9.80 Å². The zero-order valence-corrected chi connectivity index (χ0v) is 18.8. The van der Waals surface area contributed by atoms with Crippen LogP contribution in [0.5, 0.6) is 0 Å². The molecule has 0 spiro atoms. The Labute approximate surface area is 186 Å². The minimum atomic E-state index is -0.363. The Morgan fingerprint density at radius 2 is 1.65 bits per heavy atom. The molecule has 3 amide bonds. The van der Waals surface area contributed by atoms with E-state index in [1.54, 1.807) is 4.90 Å². The first kappa shape index (κ1) is 23.5. The first-order valence-corrected chi connectivity index (χ1v) is 11.8. The molecule has 1 aromatic rings. The van der Waals surface area contributed by atoms with Gasteiger partial charge in [-0.2, -0.15) is 0 Å². The van der Waals surface area contributed by atoms with Gasteiger partial charge in [-0.25, -0.2) is 4.39 Å². The standard InChI is InChI=1S/C22H30FN3O4S/c1-15-11-26(12-16(2)30-15)22(29)17-7-9-25(10-8-17)21(28)14-31-13-20(27)24-19-5-3-18(23)4-6-19/h3-6,15-17H,7-14H2,1-2H3,(H,24,27). The number of carbonyl (C=O) groups is 3. The fourth-order valence-electron chi connectivity index (χ4n) is 4.04. The van der Waals surface area contributed by atoms with Crippen LogP contribution in [0.4, 0.5) is 10.1 Å². The molecule has 2 fully saturated rings. The third-order valence-electron chi connectivity index (χ3n) is 5.51. The van der Waals surface area contributed by atoms with Crippen molar-refractivity contribution in [3.63, 3.8) is 0 Å². The molecule has 2 saturated heterocycles. The highest BCUT2D eigenvalue weighted by atomic mass is 32.2. The first-order chi connectivity index (χ1) is 14.8. The Kier molecular flexibility index (Phi) is 8.31. The van der Waals surface area contributed by atoms with Crippen molar-refractivity contribution in [2.45, 2.75) is 38.9 Å². The lowest BCUT2D eigenvalue weighted by Crippen LogP contribution is -2.52. The van der Waals surface area contributed by atoms with Crippen molar-refractivity contribution in [2.24, 2.45) is 5.92 Å². The molecule has 2 atom stereocenters. The summed E-state index contributed by atoms with van der Waals surface area (Å²) in [6, 6.07) is 5.54. The highest BCUT2D eigenvalue weighted by Crippen LogP contribution is 2.23. The Balaban J connectivity index is 1.35. The number of nitrogens with zero attached hydrogens (tertiary/aromatic N) is 2. The number of halogens is 1. The monoisotopic (exact) mass is 451 g/mol. The van der Waals surface area contributed by atoms with E-state index in [-0.39, 0.29) is 53.2 Å². The highest BCUT2D eigenvalue weighted by Gasteiger charge is 2.33. The summed E-state index contributed by atoms with van der Waals surface area (Å²) in [5.41, 5.74) is 0.522. The van der Waals surface area contributed by atoms with Crippen LogP contribution in [0.1, 0.15) is 26.7 Å². The second-order valence-corrected chi connectivity index (χ2v) is 9.19. The fourth-order valence-corrected chi connectivity index (χ4v) is 4.76. The van der Waals surface area contributed by atoms with Crippen molar-refractivity contribution in [2.75, 3.05) is 43.0 Å².